The van der Waals surface area contributed by atoms with Crippen molar-refractivity contribution in [3.05, 3.63) is 63.7 Å². The Hall–Kier alpha value is -2.60. The predicted molar refractivity (Wildman–Crippen MR) is 107 cm³/mol. The van der Waals surface area contributed by atoms with E-state index in [-0.39, 0.29) is 11.8 Å². The van der Waals surface area contributed by atoms with Crippen molar-refractivity contribution in [3.8, 4) is 0 Å². The van der Waals surface area contributed by atoms with E-state index in [9.17, 15) is 4.79 Å². The molecule has 0 aliphatic heterocycles. The summed E-state index contributed by atoms with van der Waals surface area (Å²) >= 11 is 5.73. The van der Waals surface area contributed by atoms with Gasteiger partial charge in [0, 0.05) is 23.9 Å². The van der Waals surface area contributed by atoms with E-state index in [1.807, 2.05) is 45.1 Å². The molecular formula is C19H23ClN4O2. The second-order valence-electron chi connectivity index (χ2n) is 6.05. The molecule has 1 N–H and O–H groups in total. The minimum absolute atomic E-state index is 0.104. The van der Waals surface area contributed by atoms with E-state index in [1.165, 1.54) is 4.57 Å². The fraction of sp³-hybridized carbons (Fsp3) is 0.316. The van der Waals surface area contributed by atoms with Gasteiger partial charge in [0.2, 0.25) is 0 Å². The molecule has 1 aliphatic rings. The molecule has 2 rings (SSSR count). The van der Waals surface area contributed by atoms with Crippen LogP contribution in [0.3, 0.4) is 0 Å². The highest BCUT2D eigenvalue weighted by molar-refractivity contribution is 6.29. The van der Waals surface area contributed by atoms with Crippen molar-refractivity contribution in [1.29, 1.82) is 0 Å². The van der Waals surface area contributed by atoms with Crippen LogP contribution in [0.1, 0.15) is 39.9 Å². The molecule has 1 aromatic rings. The smallest absolute Gasteiger partial charge is 0.348 e. The largest absolute Gasteiger partial charge is 0.495 e. The van der Waals surface area contributed by atoms with Crippen LogP contribution in [0.5, 0.6) is 0 Å². The van der Waals surface area contributed by atoms with Gasteiger partial charge in [0.1, 0.15) is 5.76 Å². The van der Waals surface area contributed by atoms with E-state index in [1.54, 1.807) is 25.4 Å². The molecule has 1 aromatic heterocycles. The summed E-state index contributed by atoms with van der Waals surface area (Å²) in [5, 5.41) is 7.22. The Bertz CT molecular complexity index is 876. The first kappa shape index (κ1) is 19.7. The maximum absolute atomic E-state index is 12.3. The van der Waals surface area contributed by atoms with Gasteiger partial charge in [-0.1, -0.05) is 17.7 Å². The molecule has 0 radical (unpaired) electrons. The molecule has 0 aromatic carbocycles. The number of aromatic nitrogens is 3. The van der Waals surface area contributed by atoms with Crippen LogP contribution < -0.4 is 5.69 Å². The minimum atomic E-state index is -0.307. The topological polar surface area (TPSA) is 72.3 Å². The molecule has 138 valence electrons. The van der Waals surface area contributed by atoms with E-state index in [0.717, 1.165) is 11.3 Å². The minimum Gasteiger partial charge on any atom is -0.495 e. The summed E-state index contributed by atoms with van der Waals surface area (Å²) in [6.07, 6.45) is 13.3. The Balaban J connectivity index is 2.35. The Morgan fingerprint density at radius 1 is 1.42 bits per heavy atom. The number of halogens is 1. The lowest BCUT2D eigenvalue weighted by atomic mass is 10.2. The van der Waals surface area contributed by atoms with Crippen molar-refractivity contribution in [2.45, 2.75) is 40.2 Å². The number of nitrogens with one attached hydrogen (secondary N) is 1. The van der Waals surface area contributed by atoms with Crippen molar-refractivity contribution >= 4 is 29.1 Å². The summed E-state index contributed by atoms with van der Waals surface area (Å²) in [5.74, 6) is 1.37. The maximum Gasteiger partial charge on any atom is 0.348 e. The van der Waals surface area contributed by atoms with Crippen molar-refractivity contribution in [2.75, 3.05) is 0 Å². The summed E-state index contributed by atoms with van der Waals surface area (Å²) in [6, 6.07) is 0. The van der Waals surface area contributed by atoms with Crippen LogP contribution >= 0.6 is 11.6 Å². The number of ether oxygens (including phenoxy) is 1. The van der Waals surface area contributed by atoms with Gasteiger partial charge >= 0.3 is 5.69 Å². The Morgan fingerprint density at radius 2 is 2.19 bits per heavy atom. The van der Waals surface area contributed by atoms with E-state index in [4.69, 9.17) is 16.3 Å². The maximum atomic E-state index is 12.3. The van der Waals surface area contributed by atoms with Gasteiger partial charge in [-0.15, -0.1) is 0 Å². The zero-order chi connectivity index (χ0) is 19.1. The number of rotatable bonds is 6. The number of nitrogens with zero attached hydrogens (tertiary/aromatic N) is 3. The lowest BCUT2D eigenvalue weighted by Crippen LogP contribution is -2.17. The first-order valence-electron chi connectivity index (χ1n) is 8.33. The molecule has 0 saturated carbocycles. The zero-order valence-corrected chi connectivity index (χ0v) is 16.1. The molecule has 1 heterocycles. The van der Waals surface area contributed by atoms with Gasteiger partial charge in [-0.05, 0) is 57.6 Å². The lowest BCUT2D eigenvalue weighted by molar-refractivity contribution is 0.144. The zero-order valence-electron chi connectivity index (χ0n) is 15.4. The summed E-state index contributed by atoms with van der Waals surface area (Å²) in [7, 11) is 0. The summed E-state index contributed by atoms with van der Waals surface area (Å²) in [6.45, 7) is 7.57. The van der Waals surface area contributed by atoms with Gasteiger partial charge in [-0.3, -0.25) is 4.99 Å². The van der Waals surface area contributed by atoms with Gasteiger partial charge in [-0.2, -0.15) is 5.10 Å². The third-order valence-electron chi connectivity index (χ3n) is 3.38. The molecule has 1 aliphatic carbocycles. The van der Waals surface area contributed by atoms with Crippen LogP contribution in [0.15, 0.2) is 57.2 Å². The average Bonchev–Trinajstić information content (AvgIpc) is 2.80. The number of aromatic amines is 1. The fourth-order valence-corrected chi connectivity index (χ4v) is 2.37. The highest BCUT2D eigenvalue weighted by atomic mass is 35.5. The molecule has 0 saturated heterocycles. The number of H-pyrrole nitrogens is 1. The molecule has 0 bridgehead atoms. The molecule has 0 amide bonds. The fourth-order valence-electron chi connectivity index (χ4n) is 2.31. The van der Waals surface area contributed by atoms with Gasteiger partial charge in [-0.25, -0.2) is 14.5 Å². The number of aliphatic imine (C=N–C) groups is 1. The van der Waals surface area contributed by atoms with E-state index >= 15 is 0 Å². The lowest BCUT2D eigenvalue weighted by Gasteiger charge is -2.10. The molecule has 0 spiro atoms. The predicted octanol–water partition coefficient (Wildman–Crippen LogP) is 4.26. The van der Waals surface area contributed by atoms with Gasteiger partial charge in [0.25, 0.3) is 0 Å². The van der Waals surface area contributed by atoms with Crippen molar-refractivity contribution in [2.24, 2.45) is 4.99 Å². The average molecular weight is 375 g/mol. The van der Waals surface area contributed by atoms with E-state index in [0.29, 0.717) is 23.0 Å². The number of hydrogen-bond acceptors (Lipinski definition) is 4. The van der Waals surface area contributed by atoms with Crippen LogP contribution in [0, 0.1) is 0 Å². The molecule has 0 fully saturated rings. The molecular weight excluding hydrogens is 352 g/mol. The quantitative estimate of drug-likeness (QED) is 0.756. The van der Waals surface area contributed by atoms with Crippen molar-refractivity contribution in [3.63, 3.8) is 0 Å². The number of hydrogen-bond donors (Lipinski definition) is 1. The van der Waals surface area contributed by atoms with Crippen molar-refractivity contribution in [1.82, 2.24) is 14.8 Å². The normalized spacial score (nSPS) is 16.1. The first-order chi connectivity index (χ1) is 12.4. The summed E-state index contributed by atoms with van der Waals surface area (Å²) < 4.78 is 7.26. The van der Waals surface area contributed by atoms with E-state index in [2.05, 4.69) is 15.2 Å². The molecule has 0 unspecified atom stereocenters. The number of allylic oxidation sites excluding steroid dienone is 8. The first-order valence-corrected chi connectivity index (χ1v) is 8.71. The third kappa shape index (κ3) is 5.46. The monoisotopic (exact) mass is 374 g/mol. The highest BCUT2D eigenvalue weighted by Gasteiger charge is 2.13. The second-order valence-corrected chi connectivity index (χ2v) is 6.65. The molecule has 0 atom stereocenters. The van der Waals surface area contributed by atoms with Gasteiger partial charge in [0.05, 0.1) is 11.8 Å². The molecule has 6 nitrogen and oxygen atoms in total. The highest BCUT2D eigenvalue weighted by Crippen LogP contribution is 2.19. The van der Waals surface area contributed by atoms with Gasteiger partial charge in [0.15, 0.2) is 5.82 Å². The second kappa shape index (κ2) is 9.20. The van der Waals surface area contributed by atoms with Crippen LogP contribution in [-0.4, -0.2) is 27.1 Å². The summed E-state index contributed by atoms with van der Waals surface area (Å²) in [5.41, 5.74) is 1.19. The van der Waals surface area contributed by atoms with Crippen molar-refractivity contribution < 1.29 is 4.74 Å². The molecule has 7 heteroatoms. The van der Waals surface area contributed by atoms with Gasteiger partial charge < -0.3 is 4.74 Å². The Kier molecular flexibility index (Phi) is 6.97. The van der Waals surface area contributed by atoms with Crippen LogP contribution in [0.4, 0.5) is 0 Å². The van der Waals surface area contributed by atoms with Crippen LogP contribution in [0.2, 0.25) is 0 Å². The SMILES string of the molecule is C\C(Cl)=C/N=C/C=C(\C)c1n[nH]c(=O)n1C1=CC=C(OC(C)C)CC=C1. The molecule has 26 heavy (non-hydrogen) atoms. The summed E-state index contributed by atoms with van der Waals surface area (Å²) in [4.78, 5) is 16.3. The van der Waals surface area contributed by atoms with E-state index < -0.39 is 0 Å². The van der Waals surface area contributed by atoms with Crippen LogP contribution in [0.25, 0.3) is 11.3 Å². The Morgan fingerprint density at radius 3 is 2.88 bits per heavy atom. The standard InChI is InChI=1S/C19H23ClN4O2/c1-13(2)26-17-7-5-6-16(8-9-17)24-18(22-23-19(24)25)14(3)10-11-21-12-15(4)20/h5-6,8-13H,7H2,1-4H3,(H,23,25)/b14-10+,15-12+,21-11+. The van der Waals surface area contributed by atoms with Crippen LogP contribution in [-0.2, 0) is 4.74 Å². The third-order valence-corrected chi connectivity index (χ3v) is 3.48. The Labute approximate surface area is 157 Å².